The average Bonchev–Trinajstić information content (AvgIpc) is 2.29. The van der Waals surface area contributed by atoms with Crippen molar-refractivity contribution in [2.45, 2.75) is 20.2 Å². The van der Waals surface area contributed by atoms with Crippen LogP contribution in [0, 0.1) is 17.0 Å². The number of hydrogen-bond acceptors (Lipinski definition) is 6. The molecule has 0 aliphatic heterocycles. The topological polar surface area (TPSA) is 91.6 Å². The Bertz CT molecular complexity index is 544. The number of aromatic nitrogens is 1. The molecule has 7 nitrogen and oxygen atoms in total. The lowest BCUT2D eigenvalue weighted by Crippen LogP contribution is -2.21. The van der Waals surface area contributed by atoms with Crippen LogP contribution >= 0.6 is 0 Å². The van der Waals surface area contributed by atoms with Crippen molar-refractivity contribution in [3.8, 4) is 5.75 Å². The minimum atomic E-state index is -5.11. The van der Waals surface area contributed by atoms with Crippen molar-refractivity contribution >= 4 is 11.8 Å². The predicted octanol–water partition coefficient (Wildman–Crippen LogP) is 2.37. The number of pyridine rings is 1. The number of alkyl halides is 3. The van der Waals surface area contributed by atoms with Crippen molar-refractivity contribution < 1.29 is 32.4 Å². The van der Waals surface area contributed by atoms with Gasteiger partial charge in [0.15, 0.2) is 11.9 Å². The van der Waals surface area contributed by atoms with E-state index < -0.39 is 39.9 Å². The molecule has 0 aliphatic rings. The van der Waals surface area contributed by atoms with Crippen molar-refractivity contribution in [1.82, 2.24) is 4.98 Å². The van der Waals surface area contributed by atoms with Gasteiger partial charge in [0.2, 0.25) is 0 Å². The van der Waals surface area contributed by atoms with Gasteiger partial charge in [0.25, 0.3) is 0 Å². The van der Waals surface area contributed by atoms with Gasteiger partial charge in [0, 0.05) is 0 Å². The molecule has 1 aromatic heterocycles. The van der Waals surface area contributed by atoms with Crippen molar-refractivity contribution in [1.29, 1.82) is 0 Å². The van der Waals surface area contributed by atoms with Gasteiger partial charge in [-0.25, -0.2) is 4.79 Å². The molecule has 0 spiro atoms. The van der Waals surface area contributed by atoms with Crippen LogP contribution in [0.4, 0.5) is 19.0 Å². The monoisotopic (exact) mass is 294 g/mol. The van der Waals surface area contributed by atoms with E-state index in [9.17, 15) is 28.1 Å². The molecule has 1 aromatic rings. The Balaban J connectivity index is 3.41. The summed E-state index contributed by atoms with van der Waals surface area (Å²) in [5.41, 5.74) is -1.15. The molecule has 0 aromatic carbocycles. The van der Waals surface area contributed by atoms with E-state index in [1.165, 1.54) is 6.92 Å². The number of ether oxygens (including phenoxy) is 2. The third-order valence-corrected chi connectivity index (χ3v) is 2.12. The van der Waals surface area contributed by atoms with Crippen LogP contribution in [-0.2, 0) is 4.74 Å². The summed E-state index contributed by atoms with van der Waals surface area (Å²) in [7, 11) is 0. The van der Waals surface area contributed by atoms with Crippen LogP contribution in [-0.4, -0.2) is 28.8 Å². The summed E-state index contributed by atoms with van der Waals surface area (Å²) in [4.78, 5) is 24.5. The summed E-state index contributed by atoms with van der Waals surface area (Å²) < 4.78 is 45.2. The Morgan fingerprint density at radius 2 is 2.10 bits per heavy atom. The highest BCUT2D eigenvalue weighted by molar-refractivity contribution is 5.93. The third-order valence-electron chi connectivity index (χ3n) is 2.12. The molecule has 0 bridgehead atoms. The summed E-state index contributed by atoms with van der Waals surface area (Å²) in [6, 6.07) is 0. The van der Waals surface area contributed by atoms with Gasteiger partial charge in [-0.15, -0.1) is 13.2 Å². The maximum Gasteiger partial charge on any atom is 0.573 e. The first-order valence-corrected chi connectivity index (χ1v) is 5.24. The summed E-state index contributed by atoms with van der Waals surface area (Å²) in [6.07, 6.45) is -4.49. The zero-order valence-electron chi connectivity index (χ0n) is 10.4. The van der Waals surface area contributed by atoms with Crippen LogP contribution in [0.25, 0.3) is 0 Å². The SMILES string of the molecule is CCOC(=O)c1cnc([N+](=O)[O-])c(C)c1OC(F)(F)F. The Morgan fingerprint density at radius 1 is 1.50 bits per heavy atom. The minimum Gasteiger partial charge on any atom is -0.462 e. The van der Waals surface area contributed by atoms with Crippen molar-refractivity contribution in [3.05, 3.63) is 27.4 Å². The van der Waals surface area contributed by atoms with Gasteiger partial charge in [0.1, 0.15) is 5.56 Å². The van der Waals surface area contributed by atoms with Gasteiger partial charge >= 0.3 is 18.1 Å². The van der Waals surface area contributed by atoms with E-state index in [1.54, 1.807) is 0 Å². The number of halogens is 3. The molecule has 1 rings (SSSR count). The molecule has 1 heterocycles. The number of rotatable bonds is 4. The number of nitrogens with zero attached hydrogens (tertiary/aromatic N) is 2. The number of carbonyl (C=O) groups excluding carboxylic acids is 1. The van der Waals surface area contributed by atoms with E-state index in [0.29, 0.717) is 6.20 Å². The van der Waals surface area contributed by atoms with E-state index in [2.05, 4.69) is 14.5 Å². The van der Waals surface area contributed by atoms with Crippen LogP contribution in [0.15, 0.2) is 6.20 Å². The summed E-state index contributed by atoms with van der Waals surface area (Å²) >= 11 is 0. The standard InChI is InChI=1S/C10H9F3N2O5/c1-3-19-9(16)6-4-14-8(15(17)18)5(2)7(6)20-10(11,12)13/h4H,3H2,1-2H3. The first-order valence-electron chi connectivity index (χ1n) is 5.24. The molecule has 0 atom stereocenters. The molecule has 110 valence electrons. The number of hydrogen-bond donors (Lipinski definition) is 0. The maximum absolute atomic E-state index is 12.3. The van der Waals surface area contributed by atoms with Gasteiger partial charge in [0.05, 0.1) is 12.2 Å². The van der Waals surface area contributed by atoms with E-state index in [1.807, 2.05) is 0 Å². The van der Waals surface area contributed by atoms with Crippen LogP contribution in [0.3, 0.4) is 0 Å². The molecule has 20 heavy (non-hydrogen) atoms. The summed E-state index contributed by atoms with van der Waals surface area (Å²) in [5, 5.41) is 10.6. The molecule has 10 heteroatoms. The van der Waals surface area contributed by atoms with Crippen LogP contribution in [0.1, 0.15) is 22.8 Å². The second-order valence-electron chi connectivity index (χ2n) is 3.47. The average molecular weight is 294 g/mol. The molecule has 0 N–H and O–H groups in total. The molecular weight excluding hydrogens is 285 g/mol. The molecule has 0 radical (unpaired) electrons. The summed E-state index contributed by atoms with van der Waals surface area (Å²) in [5.74, 6) is -2.94. The normalized spacial score (nSPS) is 11.1. The summed E-state index contributed by atoms with van der Waals surface area (Å²) in [6.45, 7) is 2.36. The first-order chi connectivity index (χ1) is 9.17. The van der Waals surface area contributed by atoms with Crippen molar-refractivity contribution in [2.24, 2.45) is 0 Å². The number of carbonyl (C=O) groups is 1. The largest absolute Gasteiger partial charge is 0.573 e. The molecule has 0 aliphatic carbocycles. The second-order valence-corrected chi connectivity index (χ2v) is 3.47. The van der Waals surface area contributed by atoms with Crippen LogP contribution < -0.4 is 4.74 Å². The fourth-order valence-corrected chi connectivity index (χ4v) is 1.37. The zero-order chi connectivity index (χ0) is 15.5. The highest BCUT2D eigenvalue weighted by Crippen LogP contribution is 2.33. The lowest BCUT2D eigenvalue weighted by molar-refractivity contribution is -0.390. The highest BCUT2D eigenvalue weighted by Gasteiger charge is 2.36. The predicted molar refractivity (Wildman–Crippen MR) is 58.3 cm³/mol. The van der Waals surface area contributed by atoms with Crippen molar-refractivity contribution in [3.63, 3.8) is 0 Å². The molecule has 0 amide bonds. The number of esters is 1. The fourth-order valence-electron chi connectivity index (χ4n) is 1.37. The maximum atomic E-state index is 12.3. The first kappa shape index (κ1) is 15.7. The molecule has 0 fully saturated rings. The van der Waals surface area contributed by atoms with E-state index in [0.717, 1.165) is 6.92 Å². The lowest BCUT2D eigenvalue weighted by atomic mass is 10.1. The molecule has 0 saturated carbocycles. The molecule has 0 unspecified atom stereocenters. The van der Waals surface area contributed by atoms with E-state index in [-0.39, 0.29) is 6.61 Å². The third kappa shape index (κ3) is 3.56. The van der Waals surface area contributed by atoms with Gasteiger partial charge in [-0.2, -0.15) is 0 Å². The van der Waals surface area contributed by atoms with Gasteiger partial charge in [-0.1, -0.05) is 0 Å². The van der Waals surface area contributed by atoms with E-state index >= 15 is 0 Å². The molecular formula is C10H9F3N2O5. The van der Waals surface area contributed by atoms with E-state index in [4.69, 9.17) is 0 Å². The highest BCUT2D eigenvalue weighted by atomic mass is 19.4. The Labute approximate surface area is 110 Å². The number of nitro groups is 1. The van der Waals surface area contributed by atoms with Gasteiger partial charge in [-0.3, -0.25) is 0 Å². The van der Waals surface area contributed by atoms with Crippen LogP contribution in [0.5, 0.6) is 5.75 Å². The smallest absolute Gasteiger partial charge is 0.462 e. The Morgan fingerprint density at radius 3 is 2.55 bits per heavy atom. The zero-order valence-corrected chi connectivity index (χ0v) is 10.4. The lowest BCUT2D eigenvalue weighted by Gasteiger charge is -2.13. The molecule has 0 saturated heterocycles. The Kier molecular flexibility index (Phi) is 4.48. The fraction of sp³-hybridized carbons (Fsp3) is 0.400. The Hall–Kier alpha value is -2.39. The minimum absolute atomic E-state index is 0.0830. The quantitative estimate of drug-likeness (QED) is 0.481. The van der Waals surface area contributed by atoms with Crippen LogP contribution in [0.2, 0.25) is 0 Å². The van der Waals surface area contributed by atoms with Crippen molar-refractivity contribution in [2.75, 3.05) is 6.61 Å². The van der Waals surface area contributed by atoms with Gasteiger partial charge < -0.3 is 19.6 Å². The van der Waals surface area contributed by atoms with Gasteiger partial charge in [-0.05, 0) is 23.8 Å². The second kappa shape index (κ2) is 5.72.